The van der Waals surface area contributed by atoms with Gasteiger partial charge in [-0.05, 0) is 38.3 Å². The van der Waals surface area contributed by atoms with Crippen LogP contribution in [-0.2, 0) is 0 Å². The maximum Gasteiger partial charge on any atom is 0.0277 e. The smallest absolute Gasteiger partial charge is 0.0277 e. The minimum atomic E-state index is 1.03. The van der Waals surface area contributed by atoms with Gasteiger partial charge in [0.25, 0.3) is 0 Å². The molecule has 0 saturated carbocycles. The Morgan fingerprint density at radius 3 is 1.83 bits per heavy atom. The van der Waals surface area contributed by atoms with Gasteiger partial charge in [-0.15, -0.1) is 0 Å². The van der Waals surface area contributed by atoms with Crippen molar-refractivity contribution in [3.8, 4) is 0 Å². The fourth-order valence-corrected chi connectivity index (χ4v) is 1.09. The molecule has 0 spiro atoms. The summed E-state index contributed by atoms with van der Waals surface area (Å²) >= 11 is 0. The molecular weight excluding hydrogens is 218 g/mol. The second-order valence-electron chi connectivity index (χ2n) is 3.32. The second-order valence-corrected chi connectivity index (χ2v) is 3.32. The highest BCUT2D eigenvalue weighted by atomic mass is 14.6. The number of aliphatic imine (C=N–C) groups is 1. The van der Waals surface area contributed by atoms with Crippen molar-refractivity contribution in [2.75, 3.05) is 7.05 Å². The summed E-state index contributed by atoms with van der Waals surface area (Å²) in [6.45, 7) is 16.4. The van der Waals surface area contributed by atoms with Gasteiger partial charge < -0.3 is 0 Å². The molecule has 0 unspecified atom stereocenters. The van der Waals surface area contributed by atoms with E-state index in [1.54, 1.807) is 0 Å². The highest BCUT2D eigenvalue weighted by Crippen LogP contribution is 2.09. The van der Waals surface area contributed by atoms with Crippen molar-refractivity contribution in [3.63, 3.8) is 0 Å². The van der Waals surface area contributed by atoms with Crippen molar-refractivity contribution >= 4 is 6.21 Å². The van der Waals surface area contributed by atoms with Crippen LogP contribution in [0.25, 0.3) is 0 Å². The largest absolute Gasteiger partial charge is 0.296 e. The summed E-state index contributed by atoms with van der Waals surface area (Å²) in [7, 11) is 1.81. The molecule has 0 aliphatic carbocycles. The monoisotopic (exact) mass is 251 g/mol. The van der Waals surface area contributed by atoms with Gasteiger partial charge in [-0.1, -0.05) is 58.4 Å². The van der Waals surface area contributed by atoms with E-state index in [0.717, 1.165) is 6.42 Å². The maximum atomic E-state index is 4.04. The number of hydrogen-bond donors (Lipinski definition) is 0. The fourth-order valence-electron chi connectivity index (χ4n) is 1.09. The molecule has 0 rings (SSSR count). The normalized spacial score (nSPS) is 12.6. The van der Waals surface area contributed by atoms with Gasteiger partial charge in [-0.25, -0.2) is 0 Å². The molecule has 0 fully saturated rings. The first-order valence-electron chi connectivity index (χ1n) is 7.08. The van der Waals surface area contributed by atoms with Crippen LogP contribution in [0.5, 0.6) is 0 Å². The van der Waals surface area contributed by atoms with E-state index in [1.807, 2.05) is 47.9 Å². The first-order chi connectivity index (χ1) is 8.65. The SMILES string of the molecule is C/C=C(C)/C=C\C(C)=C(\C=NC)CC.CC.CC. The van der Waals surface area contributed by atoms with Crippen LogP contribution in [0.15, 0.2) is 39.9 Å². The molecule has 1 nitrogen and oxygen atoms in total. The maximum absolute atomic E-state index is 4.04. The quantitative estimate of drug-likeness (QED) is 0.430. The molecule has 0 radical (unpaired) electrons. The Hall–Kier alpha value is -1.11. The molecule has 106 valence electrons. The molecule has 0 aliphatic heterocycles. The van der Waals surface area contributed by atoms with Gasteiger partial charge in [-0.3, -0.25) is 4.99 Å². The summed E-state index contributed by atoms with van der Waals surface area (Å²) in [4.78, 5) is 4.04. The zero-order valence-corrected chi connectivity index (χ0v) is 14.0. The molecule has 0 saturated heterocycles. The molecule has 18 heavy (non-hydrogen) atoms. The molecule has 0 bridgehead atoms. The Labute approximate surface area is 115 Å². The number of allylic oxidation sites excluding steroid dienone is 6. The molecule has 0 heterocycles. The summed E-state index contributed by atoms with van der Waals surface area (Å²) in [5.74, 6) is 0. The van der Waals surface area contributed by atoms with Crippen LogP contribution >= 0.6 is 0 Å². The van der Waals surface area contributed by atoms with Crippen molar-refractivity contribution in [1.82, 2.24) is 0 Å². The summed E-state index contributed by atoms with van der Waals surface area (Å²) in [6.07, 6.45) is 9.35. The van der Waals surface area contributed by atoms with Crippen LogP contribution in [0.3, 0.4) is 0 Å². The van der Waals surface area contributed by atoms with E-state index in [2.05, 4.69) is 44.0 Å². The van der Waals surface area contributed by atoms with Crippen LogP contribution in [0, 0.1) is 0 Å². The lowest BCUT2D eigenvalue weighted by Gasteiger charge is -2.00. The molecule has 1 heteroatoms. The van der Waals surface area contributed by atoms with Crippen LogP contribution < -0.4 is 0 Å². The van der Waals surface area contributed by atoms with Gasteiger partial charge in [0.15, 0.2) is 0 Å². The standard InChI is InChI=1S/C13H21N.2C2H6/c1-6-11(3)8-9-12(4)13(7-2)10-14-5;2*1-2/h6,8-10H,7H2,1-5H3;2*1-2H3/b9-8-,11-6+,13-12+,14-10?;;. The van der Waals surface area contributed by atoms with E-state index in [9.17, 15) is 0 Å². The lowest BCUT2D eigenvalue weighted by atomic mass is 10.1. The lowest BCUT2D eigenvalue weighted by molar-refractivity contribution is 1.15. The van der Waals surface area contributed by atoms with Gasteiger partial charge in [0.2, 0.25) is 0 Å². The first kappa shape index (κ1) is 22.1. The highest BCUT2D eigenvalue weighted by Gasteiger charge is 1.93. The zero-order chi connectivity index (χ0) is 15.0. The first-order valence-corrected chi connectivity index (χ1v) is 7.08. The van der Waals surface area contributed by atoms with E-state index in [0.29, 0.717) is 0 Å². The average Bonchev–Trinajstić information content (AvgIpc) is 2.45. The minimum absolute atomic E-state index is 1.03. The third kappa shape index (κ3) is 13.0. The van der Waals surface area contributed by atoms with Crippen molar-refractivity contribution in [3.05, 3.63) is 34.9 Å². The Morgan fingerprint density at radius 1 is 1.00 bits per heavy atom. The molecule has 0 N–H and O–H groups in total. The van der Waals surface area contributed by atoms with E-state index in [4.69, 9.17) is 0 Å². The average molecular weight is 251 g/mol. The molecule has 0 amide bonds. The van der Waals surface area contributed by atoms with Crippen LogP contribution in [0.1, 0.15) is 61.8 Å². The van der Waals surface area contributed by atoms with E-state index >= 15 is 0 Å². The Kier molecular flexibility index (Phi) is 22.4. The van der Waals surface area contributed by atoms with Gasteiger partial charge in [0.1, 0.15) is 0 Å². The summed E-state index contributed by atoms with van der Waals surface area (Å²) in [5.41, 5.74) is 3.88. The topological polar surface area (TPSA) is 12.4 Å². The number of rotatable bonds is 4. The summed E-state index contributed by atoms with van der Waals surface area (Å²) in [6, 6.07) is 0. The molecule has 0 atom stereocenters. The Balaban J connectivity index is -0.000000506. The van der Waals surface area contributed by atoms with Crippen LogP contribution in [-0.4, -0.2) is 13.3 Å². The third-order valence-corrected chi connectivity index (χ3v) is 2.22. The van der Waals surface area contributed by atoms with Crippen molar-refractivity contribution in [2.24, 2.45) is 4.99 Å². The molecule has 0 aromatic rings. The number of hydrogen-bond acceptors (Lipinski definition) is 1. The fraction of sp³-hybridized carbons (Fsp3) is 0.588. The van der Waals surface area contributed by atoms with Crippen molar-refractivity contribution < 1.29 is 0 Å². The van der Waals surface area contributed by atoms with Gasteiger partial charge in [0.05, 0.1) is 0 Å². The zero-order valence-electron chi connectivity index (χ0n) is 14.0. The Bertz CT molecular complexity index is 278. The van der Waals surface area contributed by atoms with Gasteiger partial charge in [0, 0.05) is 13.3 Å². The molecule has 0 aromatic heterocycles. The lowest BCUT2D eigenvalue weighted by Crippen LogP contribution is -1.87. The molecule has 0 aliphatic rings. The van der Waals surface area contributed by atoms with Crippen LogP contribution in [0.2, 0.25) is 0 Å². The minimum Gasteiger partial charge on any atom is -0.296 e. The number of nitrogens with zero attached hydrogens (tertiary/aromatic N) is 1. The third-order valence-electron chi connectivity index (χ3n) is 2.22. The predicted molar refractivity (Wildman–Crippen MR) is 88.7 cm³/mol. The van der Waals surface area contributed by atoms with E-state index < -0.39 is 0 Å². The summed E-state index contributed by atoms with van der Waals surface area (Å²) in [5, 5.41) is 0. The molecular formula is C17H33N. The van der Waals surface area contributed by atoms with Crippen LogP contribution in [0.4, 0.5) is 0 Å². The molecule has 0 aromatic carbocycles. The van der Waals surface area contributed by atoms with E-state index in [1.165, 1.54) is 16.7 Å². The summed E-state index contributed by atoms with van der Waals surface area (Å²) < 4.78 is 0. The predicted octanol–water partition coefficient (Wildman–Crippen LogP) is 5.99. The highest BCUT2D eigenvalue weighted by molar-refractivity contribution is 5.80. The van der Waals surface area contributed by atoms with E-state index in [-0.39, 0.29) is 0 Å². The van der Waals surface area contributed by atoms with Gasteiger partial charge in [-0.2, -0.15) is 0 Å². The Morgan fingerprint density at radius 2 is 1.50 bits per heavy atom. The van der Waals surface area contributed by atoms with Gasteiger partial charge >= 0.3 is 0 Å². The van der Waals surface area contributed by atoms with Crippen molar-refractivity contribution in [2.45, 2.75) is 61.8 Å². The second kappa shape index (κ2) is 18.3. The van der Waals surface area contributed by atoms with Crippen molar-refractivity contribution in [1.29, 1.82) is 0 Å².